The number of halogens is 1. The second-order valence-electron chi connectivity index (χ2n) is 6.79. The van der Waals surface area contributed by atoms with E-state index in [2.05, 4.69) is 75.0 Å². The molecule has 0 aliphatic heterocycles. The third-order valence-corrected chi connectivity index (χ3v) is 12.2. The average Bonchev–Trinajstić information content (AvgIpc) is 3.05. The Hall–Kier alpha value is 0.0969. The monoisotopic (exact) mass is 430 g/mol. The highest BCUT2D eigenvalue weighted by molar-refractivity contribution is 9.10. The van der Waals surface area contributed by atoms with Gasteiger partial charge in [0.15, 0.2) is 8.32 Å². The van der Waals surface area contributed by atoms with Crippen LogP contribution in [0.25, 0.3) is 5.57 Å². The smallest absolute Gasteiger partial charge is 0.192 e. The number of allylic oxidation sites excluding steroid dienone is 2. The summed E-state index contributed by atoms with van der Waals surface area (Å²) in [6, 6.07) is 5.92. The van der Waals surface area contributed by atoms with Crippen LogP contribution < -0.4 is 0 Å². The number of rotatable bonds is 11. The topological polar surface area (TPSA) is 9.23 Å². The summed E-state index contributed by atoms with van der Waals surface area (Å²) in [6.45, 7) is 13.8. The quantitative estimate of drug-likeness (QED) is 0.320. The van der Waals surface area contributed by atoms with E-state index in [0.29, 0.717) is 0 Å². The molecule has 4 heteroatoms. The van der Waals surface area contributed by atoms with Gasteiger partial charge in [0, 0.05) is 14.7 Å². The molecule has 0 aliphatic rings. The maximum absolute atomic E-state index is 6.97. The van der Waals surface area contributed by atoms with Gasteiger partial charge in [0.1, 0.15) is 0 Å². The van der Waals surface area contributed by atoms with Crippen LogP contribution in [0.1, 0.15) is 72.1 Å². The van der Waals surface area contributed by atoms with Crippen molar-refractivity contribution in [3.8, 4) is 0 Å². The summed E-state index contributed by atoms with van der Waals surface area (Å²) in [5.74, 6) is 0. The molecule has 1 rings (SSSR count). The van der Waals surface area contributed by atoms with E-state index in [1.165, 1.54) is 33.1 Å². The largest absolute Gasteiger partial charge is 0.411 e. The molecular formula is C20H35BrOSSi. The normalized spacial score (nSPS) is 13.5. The molecule has 0 bridgehead atoms. The van der Waals surface area contributed by atoms with Gasteiger partial charge < -0.3 is 4.43 Å². The van der Waals surface area contributed by atoms with E-state index in [1.807, 2.05) is 11.3 Å². The Morgan fingerprint density at radius 1 is 1.17 bits per heavy atom. The zero-order valence-electron chi connectivity index (χ0n) is 16.4. The predicted molar refractivity (Wildman–Crippen MR) is 116 cm³/mol. The highest BCUT2D eigenvalue weighted by atomic mass is 79.9. The number of thiophene rings is 1. The first-order valence-corrected chi connectivity index (χ1v) is 13.7. The lowest BCUT2D eigenvalue weighted by molar-refractivity contribution is 0.0397. The van der Waals surface area contributed by atoms with Crippen LogP contribution in [0, 0.1) is 0 Å². The lowest BCUT2D eigenvalue weighted by atomic mass is 9.91. The molecule has 1 aromatic heterocycles. The van der Waals surface area contributed by atoms with Gasteiger partial charge in [-0.3, -0.25) is 0 Å². The van der Waals surface area contributed by atoms with Crippen molar-refractivity contribution in [2.75, 3.05) is 0 Å². The Morgan fingerprint density at radius 2 is 1.75 bits per heavy atom. The van der Waals surface area contributed by atoms with Gasteiger partial charge in [-0.25, -0.2) is 0 Å². The summed E-state index contributed by atoms with van der Waals surface area (Å²) in [4.78, 5) is 1.36. The molecule has 0 saturated carbocycles. The third-order valence-electron chi connectivity index (χ3n) is 5.66. The van der Waals surface area contributed by atoms with E-state index < -0.39 is 8.32 Å². The molecule has 0 saturated heterocycles. The Balaban J connectivity index is 2.81. The third kappa shape index (κ3) is 5.82. The second kappa shape index (κ2) is 10.3. The van der Waals surface area contributed by atoms with Crippen LogP contribution in [0.4, 0.5) is 0 Å². The van der Waals surface area contributed by atoms with E-state index in [0.717, 1.165) is 25.7 Å². The Labute approximate surface area is 163 Å². The van der Waals surface area contributed by atoms with Crippen molar-refractivity contribution in [3.05, 3.63) is 26.9 Å². The Morgan fingerprint density at radius 3 is 2.17 bits per heavy atom. The summed E-state index contributed by atoms with van der Waals surface area (Å²) in [5.41, 5.74) is 1.46. The second-order valence-corrected chi connectivity index (χ2v) is 13.3. The van der Waals surface area contributed by atoms with Crippen molar-refractivity contribution in [2.45, 2.75) is 91.0 Å². The number of hydrogen-bond acceptors (Lipinski definition) is 2. The van der Waals surface area contributed by atoms with Crippen LogP contribution >= 0.6 is 27.3 Å². The van der Waals surface area contributed by atoms with Gasteiger partial charge in [-0.05, 0) is 78.3 Å². The van der Waals surface area contributed by atoms with Crippen molar-refractivity contribution in [3.63, 3.8) is 0 Å². The zero-order chi connectivity index (χ0) is 18.2. The van der Waals surface area contributed by atoms with Crippen LogP contribution in [0.5, 0.6) is 0 Å². The molecule has 1 aromatic rings. The van der Waals surface area contributed by atoms with Crippen LogP contribution in [0.2, 0.25) is 18.1 Å². The van der Waals surface area contributed by atoms with E-state index in [-0.39, 0.29) is 5.60 Å². The van der Waals surface area contributed by atoms with E-state index >= 15 is 0 Å². The molecule has 0 unspecified atom stereocenters. The Bertz CT molecular complexity index is 507. The van der Waals surface area contributed by atoms with Gasteiger partial charge in [-0.15, -0.1) is 11.3 Å². The maximum Gasteiger partial charge on any atom is 0.192 e. The fourth-order valence-corrected chi connectivity index (χ4v) is 8.07. The minimum Gasteiger partial charge on any atom is -0.411 e. The molecule has 138 valence electrons. The molecule has 0 aromatic carbocycles. The van der Waals surface area contributed by atoms with Crippen LogP contribution in [0.3, 0.4) is 0 Å². The highest BCUT2D eigenvalue weighted by Gasteiger charge is 2.38. The van der Waals surface area contributed by atoms with Crippen LogP contribution in [-0.4, -0.2) is 13.9 Å². The molecule has 1 heterocycles. The van der Waals surface area contributed by atoms with Gasteiger partial charge in [0.05, 0.1) is 5.60 Å². The van der Waals surface area contributed by atoms with Crippen molar-refractivity contribution in [1.82, 2.24) is 0 Å². The molecule has 0 fully saturated rings. The molecule has 1 nitrogen and oxygen atoms in total. The first kappa shape index (κ1) is 22.1. The maximum atomic E-state index is 6.97. The highest BCUT2D eigenvalue weighted by Crippen LogP contribution is 2.36. The summed E-state index contributed by atoms with van der Waals surface area (Å²) in [6.07, 6.45) is 6.88. The van der Waals surface area contributed by atoms with Gasteiger partial charge in [-0.2, -0.15) is 0 Å². The predicted octanol–water partition coefficient (Wildman–Crippen LogP) is 8.27. The van der Waals surface area contributed by atoms with Gasteiger partial charge in [-0.1, -0.05) is 40.7 Å². The summed E-state index contributed by atoms with van der Waals surface area (Å²) >= 11 is 5.36. The summed E-state index contributed by atoms with van der Waals surface area (Å²) < 4.78 is 8.15. The molecule has 0 spiro atoms. The van der Waals surface area contributed by atoms with Crippen molar-refractivity contribution < 1.29 is 4.43 Å². The number of hydrogen-bond donors (Lipinski definition) is 0. The van der Waals surface area contributed by atoms with Gasteiger partial charge in [0.25, 0.3) is 0 Å². The van der Waals surface area contributed by atoms with Gasteiger partial charge in [0.2, 0.25) is 0 Å². The average molecular weight is 432 g/mol. The lowest BCUT2D eigenvalue weighted by Crippen LogP contribution is -2.46. The summed E-state index contributed by atoms with van der Waals surface area (Å²) in [5, 5.41) is 2.15. The SMILES string of the molecule is CCC(CC)(CC/C=C(/C)c1cc(Br)cs1)O[Si](CC)(CC)CC. The molecular weight excluding hydrogens is 396 g/mol. The van der Waals surface area contributed by atoms with E-state index in [9.17, 15) is 0 Å². The first-order chi connectivity index (χ1) is 11.4. The zero-order valence-corrected chi connectivity index (χ0v) is 19.8. The van der Waals surface area contributed by atoms with Crippen molar-refractivity contribution >= 4 is 41.2 Å². The summed E-state index contributed by atoms with van der Waals surface area (Å²) in [7, 11) is -1.56. The standard InChI is InChI=1S/C20H35BrOSSi/c1-7-20(8-2,22-24(9-3,10-4)11-5)14-12-13-17(6)19-15-18(21)16-23-19/h13,15-16H,7-12,14H2,1-6H3/b17-13-. The van der Waals surface area contributed by atoms with Crippen LogP contribution in [-0.2, 0) is 4.43 Å². The minimum atomic E-state index is -1.56. The van der Waals surface area contributed by atoms with Crippen LogP contribution in [0.15, 0.2) is 22.0 Å². The van der Waals surface area contributed by atoms with Crippen molar-refractivity contribution in [2.24, 2.45) is 0 Å². The fraction of sp³-hybridized carbons (Fsp3) is 0.700. The molecule has 0 amide bonds. The first-order valence-electron chi connectivity index (χ1n) is 9.51. The fourth-order valence-electron chi connectivity index (χ4n) is 3.40. The molecule has 0 aliphatic carbocycles. The lowest BCUT2D eigenvalue weighted by Gasteiger charge is -2.42. The molecule has 0 radical (unpaired) electrons. The molecule has 0 N–H and O–H groups in total. The van der Waals surface area contributed by atoms with Gasteiger partial charge >= 0.3 is 0 Å². The van der Waals surface area contributed by atoms with Crippen molar-refractivity contribution in [1.29, 1.82) is 0 Å². The molecule has 24 heavy (non-hydrogen) atoms. The molecule has 0 atom stereocenters. The van der Waals surface area contributed by atoms with E-state index in [4.69, 9.17) is 4.43 Å². The minimum absolute atomic E-state index is 0.0705. The van der Waals surface area contributed by atoms with E-state index in [1.54, 1.807) is 0 Å². The Kier molecular flexibility index (Phi) is 9.50.